The molecule has 1 heterocycles. The summed E-state index contributed by atoms with van der Waals surface area (Å²) >= 11 is 0. The highest BCUT2D eigenvalue weighted by Gasteiger charge is 2.20. The Labute approximate surface area is 122 Å². The SMILES string of the molecule is CC(C)c1ncc(N(C)c2ccccc2F)c(C(=O)O)n1. The minimum atomic E-state index is -1.17. The highest BCUT2D eigenvalue weighted by molar-refractivity contribution is 5.93. The van der Waals surface area contributed by atoms with Crippen LogP contribution < -0.4 is 4.90 Å². The number of anilines is 2. The van der Waals surface area contributed by atoms with Crippen LogP contribution in [0.15, 0.2) is 30.5 Å². The van der Waals surface area contributed by atoms with Gasteiger partial charge in [-0.15, -0.1) is 0 Å². The van der Waals surface area contributed by atoms with Crippen molar-refractivity contribution >= 4 is 17.3 Å². The van der Waals surface area contributed by atoms with E-state index < -0.39 is 11.8 Å². The lowest BCUT2D eigenvalue weighted by Crippen LogP contribution is -2.18. The molecule has 110 valence electrons. The van der Waals surface area contributed by atoms with Gasteiger partial charge in [0.2, 0.25) is 0 Å². The van der Waals surface area contributed by atoms with Crippen molar-refractivity contribution in [3.05, 3.63) is 47.8 Å². The third kappa shape index (κ3) is 2.99. The summed E-state index contributed by atoms with van der Waals surface area (Å²) in [6, 6.07) is 6.13. The van der Waals surface area contributed by atoms with Gasteiger partial charge in [-0.3, -0.25) is 0 Å². The van der Waals surface area contributed by atoms with Gasteiger partial charge in [0.15, 0.2) is 5.69 Å². The van der Waals surface area contributed by atoms with Crippen molar-refractivity contribution in [3.63, 3.8) is 0 Å². The Hall–Kier alpha value is -2.50. The quantitative estimate of drug-likeness (QED) is 0.936. The van der Waals surface area contributed by atoms with Crippen LogP contribution in [0, 0.1) is 5.82 Å². The molecule has 0 radical (unpaired) electrons. The predicted molar refractivity (Wildman–Crippen MR) is 77.5 cm³/mol. The average Bonchev–Trinajstić information content (AvgIpc) is 2.46. The van der Waals surface area contributed by atoms with Gasteiger partial charge < -0.3 is 10.0 Å². The van der Waals surface area contributed by atoms with Crippen molar-refractivity contribution in [1.82, 2.24) is 9.97 Å². The third-order valence-corrected chi connectivity index (χ3v) is 3.08. The minimum Gasteiger partial charge on any atom is -0.476 e. The van der Waals surface area contributed by atoms with Crippen LogP contribution in [-0.2, 0) is 0 Å². The fourth-order valence-electron chi connectivity index (χ4n) is 1.92. The summed E-state index contributed by atoms with van der Waals surface area (Å²) in [4.78, 5) is 21.1. The van der Waals surface area contributed by atoms with E-state index in [9.17, 15) is 14.3 Å². The first-order chi connectivity index (χ1) is 9.91. The van der Waals surface area contributed by atoms with Gasteiger partial charge in [-0.05, 0) is 12.1 Å². The van der Waals surface area contributed by atoms with Gasteiger partial charge in [0.05, 0.1) is 17.6 Å². The first kappa shape index (κ1) is 14.9. The molecule has 6 heteroatoms. The monoisotopic (exact) mass is 289 g/mol. The molecule has 0 amide bonds. The molecule has 0 spiro atoms. The number of para-hydroxylation sites is 1. The van der Waals surface area contributed by atoms with Gasteiger partial charge in [-0.2, -0.15) is 0 Å². The summed E-state index contributed by atoms with van der Waals surface area (Å²) in [6.07, 6.45) is 1.41. The highest BCUT2D eigenvalue weighted by atomic mass is 19.1. The van der Waals surface area contributed by atoms with Gasteiger partial charge in [0.1, 0.15) is 11.6 Å². The summed E-state index contributed by atoms with van der Waals surface area (Å²) in [5, 5.41) is 9.33. The Morgan fingerprint density at radius 2 is 1.95 bits per heavy atom. The Morgan fingerprint density at radius 3 is 2.52 bits per heavy atom. The lowest BCUT2D eigenvalue weighted by molar-refractivity contribution is 0.0690. The van der Waals surface area contributed by atoms with Crippen molar-refractivity contribution in [2.24, 2.45) is 0 Å². The number of carboxylic acid groups (broad SMARTS) is 1. The molecule has 0 aliphatic carbocycles. The Kier molecular flexibility index (Phi) is 4.16. The average molecular weight is 289 g/mol. The maximum atomic E-state index is 13.8. The van der Waals surface area contributed by atoms with Crippen molar-refractivity contribution < 1.29 is 14.3 Å². The number of carboxylic acids is 1. The highest BCUT2D eigenvalue weighted by Crippen LogP contribution is 2.28. The van der Waals surface area contributed by atoms with Gasteiger partial charge >= 0.3 is 5.97 Å². The van der Waals surface area contributed by atoms with Crippen LogP contribution in [-0.4, -0.2) is 28.1 Å². The number of hydrogen-bond donors (Lipinski definition) is 1. The minimum absolute atomic E-state index is 0.0101. The molecule has 5 nitrogen and oxygen atoms in total. The molecule has 0 unspecified atom stereocenters. The molecular formula is C15H16FN3O2. The second-order valence-electron chi connectivity index (χ2n) is 4.93. The number of carbonyl (C=O) groups is 1. The molecular weight excluding hydrogens is 273 g/mol. The molecule has 0 bridgehead atoms. The number of benzene rings is 1. The van der Waals surface area contributed by atoms with Crippen LogP contribution in [0.4, 0.5) is 15.8 Å². The number of aromatic nitrogens is 2. The molecule has 0 saturated carbocycles. The van der Waals surface area contributed by atoms with E-state index in [1.165, 1.54) is 17.2 Å². The van der Waals surface area contributed by atoms with E-state index in [-0.39, 0.29) is 23.0 Å². The van der Waals surface area contributed by atoms with E-state index in [0.717, 1.165) is 0 Å². The van der Waals surface area contributed by atoms with E-state index in [2.05, 4.69) is 9.97 Å². The summed E-state index contributed by atoms with van der Waals surface area (Å²) in [5.41, 5.74) is 0.373. The number of aromatic carboxylic acids is 1. The smallest absolute Gasteiger partial charge is 0.356 e. The standard InChI is InChI=1S/C15H16FN3O2/c1-9(2)14-17-8-12(13(18-14)15(20)21)19(3)11-7-5-4-6-10(11)16/h4-9H,1-3H3,(H,20,21). The van der Waals surface area contributed by atoms with Crippen LogP contribution in [0.5, 0.6) is 0 Å². The molecule has 2 aromatic rings. The topological polar surface area (TPSA) is 66.3 Å². The lowest BCUT2D eigenvalue weighted by atomic mass is 10.2. The van der Waals surface area contributed by atoms with Crippen molar-refractivity contribution in [2.75, 3.05) is 11.9 Å². The van der Waals surface area contributed by atoms with Crippen LogP contribution in [0.25, 0.3) is 0 Å². The van der Waals surface area contributed by atoms with Crippen molar-refractivity contribution in [3.8, 4) is 0 Å². The molecule has 1 aromatic carbocycles. The predicted octanol–water partition coefficient (Wildman–Crippen LogP) is 3.21. The van der Waals surface area contributed by atoms with Crippen molar-refractivity contribution in [2.45, 2.75) is 19.8 Å². The van der Waals surface area contributed by atoms with Gasteiger partial charge in [0.25, 0.3) is 0 Å². The van der Waals surface area contributed by atoms with E-state index >= 15 is 0 Å². The first-order valence-electron chi connectivity index (χ1n) is 6.50. The van der Waals surface area contributed by atoms with Crippen LogP contribution in [0.2, 0.25) is 0 Å². The zero-order valence-electron chi connectivity index (χ0n) is 12.0. The molecule has 1 N–H and O–H groups in total. The third-order valence-electron chi connectivity index (χ3n) is 3.08. The molecule has 0 atom stereocenters. The zero-order valence-corrected chi connectivity index (χ0v) is 12.0. The fraction of sp³-hybridized carbons (Fsp3) is 0.267. The number of hydrogen-bond acceptors (Lipinski definition) is 4. The molecule has 0 aliphatic heterocycles. The first-order valence-corrected chi connectivity index (χ1v) is 6.50. The zero-order chi connectivity index (χ0) is 15.6. The van der Waals surface area contributed by atoms with E-state index in [4.69, 9.17) is 0 Å². The van der Waals surface area contributed by atoms with Gasteiger partial charge in [-0.25, -0.2) is 19.2 Å². The Bertz CT molecular complexity index is 674. The fourth-order valence-corrected chi connectivity index (χ4v) is 1.92. The molecule has 21 heavy (non-hydrogen) atoms. The molecule has 0 aliphatic rings. The second kappa shape index (κ2) is 5.87. The van der Waals surface area contributed by atoms with Crippen LogP contribution >= 0.6 is 0 Å². The maximum Gasteiger partial charge on any atom is 0.356 e. The van der Waals surface area contributed by atoms with Crippen LogP contribution in [0.1, 0.15) is 36.1 Å². The van der Waals surface area contributed by atoms with Crippen LogP contribution in [0.3, 0.4) is 0 Å². The van der Waals surface area contributed by atoms with Gasteiger partial charge in [-0.1, -0.05) is 26.0 Å². The summed E-state index contributed by atoms with van der Waals surface area (Å²) in [7, 11) is 1.58. The molecule has 0 saturated heterocycles. The molecule has 2 rings (SSSR count). The number of halogens is 1. The number of rotatable bonds is 4. The normalized spacial score (nSPS) is 10.7. The molecule has 0 fully saturated rings. The van der Waals surface area contributed by atoms with E-state index in [1.807, 2.05) is 13.8 Å². The molecule has 1 aromatic heterocycles. The summed E-state index contributed by atoms with van der Waals surface area (Å²) in [5.74, 6) is -1.16. The second-order valence-corrected chi connectivity index (χ2v) is 4.93. The largest absolute Gasteiger partial charge is 0.476 e. The van der Waals surface area contributed by atoms with Crippen molar-refractivity contribution in [1.29, 1.82) is 0 Å². The Morgan fingerprint density at radius 1 is 1.29 bits per heavy atom. The van der Waals surface area contributed by atoms with E-state index in [1.54, 1.807) is 25.2 Å². The summed E-state index contributed by atoms with van der Waals surface area (Å²) < 4.78 is 13.8. The van der Waals surface area contributed by atoms with E-state index in [0.29, 0.717) is 5.82 Å². The van der Waals surface area contributed by atoms with Gasteiger partial charge in [0, 0.05) is 13.0 Å². The summed E-state index contributed by atoms with van der Waals surface area (Å²) in [6.45, 7) is 3.75. The maximum absolute atomic E-state index is 13.8. The Balaban J connectivity index is 2.53. The number of nitrogens with zero attached hydrogens (tertiary/aromatic N) is 3. The lowest BCUT2D eigenvalue weighted by Gasteiger charge is -2.21.